The summed E-state index contributed by atoms with van der Waals surface area (Å²) < 4.78 is 10.4. The summed E-state index contributed by atoms with van der Waals surface area (Å²) in [6.45, 7) is 0.433. The van der Waals surface area contributed by atoms with E-state index in [-0.39, 0.29) is 24.2 Å². The summed E-state index contributed by atoms with van der Waals surface area (Å²) in [5, 5.41) is 2.73. The number of nitrogens with one attached hydrogen (secondary N) is 1. The van der Waals surface area contributed by atoms with E-state index in [9.17, 15) is 9.59 Å². The van der Waals surface area contributed by atoms with Crippen molar-refractivity contribution in [1.82, 2.24) is 4.90 Å². The van der Waals surface area contributed by atoms with Gasteiger partial charge in [-0.25, -0.2) is 0 Å². The maximum atomic E-state index is 12.3. The van der Waals surface area contributed by atoms with Gasteiger partial charge in [-0.15, -0.1) is 12.4 Å². The summed E-state index contributed by atoms with van der Waals surface area (Å²) in [4.78, 5) is 25.6. The van der Waals surface area contributed by atoms with Crippen LogP contribution in [0.3, 0.4) is 0 Å². The van der Waals surface area contributed by atoms with Crippen molar-refractivity contribution in [3.8, 4) is 11.5 Å². The number of benzene rings is 1. The second-order valence-electron chi connectivity index (χ2n) is 4.89. The third kappa shape index (κ3) is 5.61. The van der Waals surface area contributed by atoms with Gasteiger partial charge in [-0.1, -0.05) is 0 Å². The molecule has 0 fully saturated rings. The summed E-state index contributed by atoms with van der Waals surface area (Å²) in [7, 11) is 6.25. The lowest BCUT2D eigenvalue weighted by atomic mass is 10.1. The molecule has 0 heterocycles. The van der Waals surface area contributed by atoms with Crippen molar-refractivity contribution in [3.05, 3.63) is 17.7 Å². The van der Waals surface area contributed by atoms with Crippen molar-refractivity contribution in [3.63, 3.8) is 0 Å². The van der Waals surface area contributed by atoms with Gasteiger partial charge in [-0.3, -0.25) is 9.59 Å². The Morgan fingerprint density at radius 1 is 1.17 bits per heavy atom. The summed E-state index contributed by atoms with van der Waals surface area (Å²) in [6.07, 6.45) is 0.872. The lowest BCUT2D eigenvalue weighted by Crippen LogP contribution is -2.24. The number of halogens is 1. The Bertz CT molecular complexity index is 550. The minimum Gasteiger partial charge on any atom is -0.493 e. The van der Waals surface area contributed by atoms with Crippen LogP contribution < -0.4 is 20.5 Å². The van der Waals surface area contributed by atoms with Crippen LogP contribution in [0.1, 0.15) is 23.2 Å². The lowest BCUT2D eigenvalue weighted by Gasteiger charge is -2.18. The van der Waals surface area contributed by atoms with Crippen molar-refractivity contribution in [2.45, 2.75) is 12.8 Å². The van der Waals surface area contributed by atoms with Crippen molar-refractivity contribution < 1.29 is 19.1 Å². The number of anilines is 1. The van der Waals surface area contributed by atoms with Crippen LogP contribution in [-0.4, -0.2) is 51.6 Å². The summed E-state index contributed by atoms with van der Waals surface area (Å²) >= 11 is 0. The first-order chi connectivity index (χ1) is 10.4. The monoisotopic (exact) mass is 345 g/mol. The smallest absolute Gasteiger partial charge is 0.255 e. The highest BCUT2D eigenvalue weighted by atomic mass is 35.5. The van der Waals surface area contributed by atoms with Crippen molar-refractivity contribution in [2.24, 2.45) is 5.73 Å². The fourth-order valence-corrected chi connectivity index (χ4v) is 1.88. The molecule has 0 saturated heterocycles. The van der Waals surface area contributed by atoms with E-state index in [1.807, 2.05) is 0 Å². The third-order valence-electron chi connectivity index (χ3n) is 3.04. The van der Waals surface area contributed by atoms with Crippen LogP contribution in [0.15, 0.2) is 12.1 Å². The van der Waals surface area contributed by atoms with Gasteiger partial charge in [0.2, 0.25) is 5.91 Å². The van der Waals surface area contributed by atoms with Crippen LogP contribution in [-0.2, 0) is 4.79 Å². The zero-order valence-electron chi connectivity index (χ0n) is 13.8. The number of amides is 2. The molecule has 0 unspecified atom stereocenters. The van der Waals surface area contributed by atoms with Crippen LogP contribution in [0, 0.1) is 0 Å². The number of hydrogen-bond acceptors (Lipinski definition) is 5. The molecule has 3 N–H and O–H groups in total. The Hall–Kier alpha value is -1.99. The van der Waals surface area contributed by atoms with Gasteiger partial charge < -0.3 is 25.4 Å². The quantitative estimate of drug-likeness (QED) is 0.781. The van der Waals surface area contributed by atoms with E-state index >= 15 is 0 Å². The van der Waals surface area contributed by atoms with Gasteiger partial charge in [0.25, 0.3) is 5.91 Å². The average Bonchev–Trinajstić information content (AvgIpc) is 2.51. The second-order valence-corrected chi connectivity index (χ2v) is 4.89. The normalized spacial score (nSPS) is 9.61. The Morgan fingerprint density at radius 2 is 1.74 bits per heavy atom. The van der Waals surface area contributed by atoms with Crippen molar-refractivity contribution in [1.29, 1.82) is 0 Å². The fraction of sp³-hybridized carbons (Fsp3) is 0.467. The molecule has 0 aliphatic rings. The average molecular weight is 346 g/mol. The van der Waals surface area contributed by atoms with Crippen LogP contribution >= 0.6 is 12.4 Å². The molecule has 23 heavy (non-hydrogen) atoms. The van der Waals surface area contributed by atoms with Crippen LogP contribution in [0.5, 0.6) is 11.5 Å². The Morgan fingerprint density at radius 3 is 2.22 bits per heavy atom. The predicted molar refractivity (Wildman–Crippen MR) is 91.7 cm³/mol. The number of carbonyl (C=O) groups is 2. The molecular formula is C15H24ClN3O4. The van der Waals surface area contributed by atoms with E-state index in [0.29, 0.717) is 42.1 Å². The van der Waals surface area contributed by atoms with Gasteiger partial charge in [0.05, 0.1) is 25.5 Å². The largest absolute Gasteiger partial charge is 0.493 e. The number of nitrogens with zero attached hydrogens (tertiary/aromatic N) is 1. The zero-order chi connectivity index (χ0) is 16.7. The molecule has 0 radical (unpaired) electrons. The van der Waals surface area contributed by atoms with Crippen molar-refractivity contribution >= 4 is 29.9 Å². The molecule has 1 rings (SSSR count). The third-order valence-corrected chi connectivity index (χ3v) is 3.04. The number of methoxy groups -OCH3 is 2. The molecule has 0 aliphatic carbocycles. The van der Waals surface area contributed by atoms with E-state index in [2.05, 4.69) is 5.32 Å². The van der Waals surface area contributed by atoms with Gasteiger partial charge in [-0.2, -0.15) is 0 Å². The molecule has 1 aromatic rings. The topological polar surface area (TPSA) is 93.9 Å². The first-order valence-electron chi connectivity index (χ1n) is 6.92. The van der Waals surface area contributed by atoms with Crippen LogP contribution in [0.4, 0.5) is 5.69 Å². The van der Waals surface area contributed by atoms with Gasteiger partial charge in [0.1, 0.15) is 0 Å². The van der Waals surface area contributed by atoms with Gasteiger partial charge in [-0.05, 0) is 19.0 Å². The van der Waals surface area contributed by atoms with Crippen LogP contribution in [0.2, 0.25) is 0 Å². The number of hydrogen-bond donors (Lipinski definition) is 2. The molecule has 0 bridgehead atoms. The highest BCUT2D eigenvalue weighted by Gasteiger charge is 2.19. The Labute approximate surface area is 142 Å². The molecule has 0 saturated carbocycles. The Balaban J connectivity index is 0.00000484. The molecule has 1 aromatic carbocycles. The summed E-state index contributed by atoms with van der Waals surface area (Å²) in [5.74, 6) is 0.417. The molecule has 0 aliphatic heterocycles. The van der Waals surface area contributed by atoms with Gasteiger partial charge in [0.15, 0.2) is 11.5 Å². The fourth-order valence-electron chi connectivity index (χ4n) is 1.88. The minimum atomic E-state index is -0.241. The standard InChI is InChI=1S/C15H23N3O4.ClH/c1-18(2)15(20)10-8-12(21-3)13(22-4)9-11(10)17-14(19)6-5-7-16;/h8-9H,5-7,16H2,1-4H3,(H,17,19);1H. The summed E-state index contributed by atoms with van der Waals surface area (Å²) in [5.41, 5.74) is 6.12. The molecule has 0 atom stereocenters. The molecule has 0 aromatic heterocycles. The summed E-state index contributed by atoms with van der Waals surface area (Å²) in [6, 6.07) is 3.13. The number of nitrogens with two attached hydrogens (primary N) is 1. The molecule has 2 amide bonds. The number of ether oxygens (including phenoxy) is 2. The van der Waals surface area contributed by atoms with Crippen LogP contribution in [0.25, 0.3) is 0 Å². The first kappa shape index (κ1) is 21.0. The molecule has 8 heteroatoms. The van der Waals surface area contributed by atoms with E-state index in [0.717, 1.165) is 0 Å². The van der Waals surface area contributed by atoms with E-state index in [1.54, 1.807) is 26.2 Å². The Kier molecular flexibility index (Phi) is 9.05. The molecular weight excluding hydrogens is 322 g/mol. The zero-order valence-corrected chi connectivity index (χ0v) is 14.7. The highest BCUT2D eigenvalue weighted by molar-refractivity contribution is 6.04. The molecule has 0 spiro atoms. The minimum absolute atomic E-state index is 0. The SMILES string of the molecule is COc1cc(NC(=O)CCCN)c(C(=O)N(C)C)cc1OC.Cl. The lowest BCUT2D eigenvalue weighted by molar-refractivity contribution is -0.116. The van der Waals surface area contributed by atoms with Gasteiger partial charge in [0, 0.05) is 26.6 Å². The number of carbonyl (C=O) groups excluding carboxylic acids is 2. The van der Waals surface area contributed by atoms with Crippen molar-refractivity contribution in [2.75, 3.05) is 40.2 Å². The van der Waals surface area contributed by atoms with E-state index < -0.39 is 0 Å². The maximum absolute atomic E-state index is 12.3. The highest BCUT2D eigenvalue weighted by Crippen LogP contribution is 2.34. The molecule has 7 nitrogen and oxygen atoms in total. The number of rotatable bonds is 7. The maximum Gasteiger partial charge on any atom is 0.255 e. The van der Waals surface area contributed by atoms with E-state index in [1.165, 1.54) is 19.1 Å². The first-order valence-corrected chi connectivity index (χ1v) is 6.92. The van der Waals surface area contributed by atoms with Gasteiger partial charge >= 0.3 is 0 Å². The second kappa shape index (κ2) is 9.91. The van der Waals surface area contributed by atoms with E-state index in [4.69, 9.17) is 15.2 Å². The molecule has 130 valence electrons. The predicted octanol–water partition coefficient (Wildman–Crippen LogP) is 1.50.